The summed E-state index contributed by atoms with van der Waals surface area (Å²) in [5, 5.41) is 9.30. The highest BCUT2D eigenvalue weighted by Gasteiger charge is 2.40. The van der Waals surface area contributed by atoms with E-state index in [2.05, 4.69) is 20.8 Å². The molecule has 2 atom stereocenters. The number of nitrogens with zero attached hydrogens (tertiary/aromatic N) is 1. The molecule has 26 heavy (non-hydrogen) atoms. The van der Waals surface area contributed by atoms with Crippen LogP contribution in [-0.4, -0.2) is 62.7 Å². The number of piperidine rings is 1. The van der Waals surface area contributed by atoms with Gasteiger partial charge in [0.2, 0.25) is 0 Å². The molecule has 0 aromatic heterocycles. The molecule has 1 heterocycles. The van der Waals surface area contributed by atoms with Crippen molar-refractivity contribution in [1.29, 1.82) is 0 Å². The molecule has 8 heteroatoms. The first-order chi connectivity index (χ1) is 12.0. The van der Waals surface area contributed by atoms with Crippen LogP contribution in [0.2, 0.25) is 0 Å². The van der Waals surface area contributed by atoms with Crippen molar-refractivity contribution in [3.05, 3.63) is 0 Å². The van der Waals surface area contributed by atoms with Crippen LogP contribution in [0.3, 0.4) is 0 Å². The Labute approximate surface area is 157 Å². The van der Waals surface area contributed by atoms with Gasteiger partial charge in [0.05, 0.1) is 25.1 Å². The summed E-state index contributed by atoms with van der Waals surface area (Å²) in [5.41, 5.74) is -0.0285. The zero-order chi connectivity index (χ0) is 19.5. The highest BCUT2D eigenvalue weighted by atomic mass is 32.2. The van der Waals surface area contributed by atoms with Crippen LogP contribution in [0.25, 0.3) is 0 Å². The molecular weight excluding hydrogens is 358 g/mol. The molecule has 2 rings (SSSR count). The summed E-state index contributed by atoms with van der Waals surface area (Å²) < 4.78 is 33.6. The van der Waals surface area contributed by atoms with E-state index in [1.807, 2.05) is 0 Å². The van der Waals surface area contributed by atoms with Crippen LogP contribution in [0, 0.1) is 17.3 Å². The second-order valence-electron chi connectivity index (χ2n) is 8.80. The van der Waals surface area contributed by atoms with Crippen LogP contribution in [0.5, 0.6) is 0 Å². The summed E-state index contributed by atoms with van der Waals surface area (Å²) in [5.74, 6) is 0.426. The summed E-state index contributed by atoms with van der Waals surface area (Å²) in [4.78, 5) is 12.8. The SMILES string of the molecule is CC(C)(C)C1CN(C(=O)O)CCC1O[C@H]1CC[C@H](COS(C)(=O)=O)CC1. The van der Waals surface area contributed by atoms with Gasteiger partial charge in [0.25, 0.3) is 10.1 Å². The van der Waals surface area contributed by atoms with E-state index in [9.17, 15) is 18.3 Å². The van der Waals surface area contributed by atoms with Crippen LogP contribution in [0.1, 0.15) is 52.9 Å². The minimum Gasteiger partial charge on any atom is -0.465 e. The summed E-state index contributed by atoms with van der Waals surface area (Å²) in [6, 6.07) is 0. The van der Waals surface area contributed by atoms with Gasteiger partial charge in [0, 0.05) is 19.0 Å². The summed E-state index contributed by atoms with van der Waals surface area (Å²) in [7, 11) is -3.38. The first-order valence-corrected chi connectivity index (χ1v) is 11.2. The zero-order valence-electron chi connectivity index (χ0n) is 16.3. The van der Waals surface area contributed by atoms with Crippen molar-refractivity contribution in [2.45, 2.75) is 65.1 Å². The Kier molecular flexibility index (Phi) is 6.96. The van der Waals surface area contributed by atoms with E-state index in [-0.39, 0.29) is 36.1 Å². The van der Waals surface area contributed by atoms with E-state index in [1.165, 1.54) is 4.90 Å². The third kappa shape index (κ3) is 6.39. The van der Waals surface area contributed by atoms with Crippen molar-refractivity contribution in [2.75, 3.05) is 26.0 Å². The maximum Gasteiger partial charge on any atom is 0.407 e. The van der Waals surface area contributed by atoms with E-state index in [1.54, 1.807) is 0 Å². The second kappa shape index (κ2) is 8.44. The van der Waals surface area contributed by atoms with E-state index in [4.69, 9.17) is 8.92 Å². The van der Waals surface area contributed by atoms with Crippen molar-refractivity contribution >= 4 is 16.2 Å². The van der Waals surface area contributed by atoms with Gasteiger partial charge in [-0.1, -0.05) is 20.8 Å². The topological polar surface area (TPSA) is 93.1 Å². The lowest BCUT2D eigenvalue weighted by Gasteiger charge is -2.45. The molecule has 1 aliphatic heterocycles. The monoisotopic (exact) mass is 391 g/mol. The average Bonchev–Trinajstić information content (AvgIpc) is 2.52. The van der Waals surface area contributed by atoms with Crippen molar-refractivity contribution in [1.82, 2.24) is 4.90 Å². The minimum absolute atomic E-state index is 0.0285. The number of rotatable bonds is 5. The fourth-order valence-corrected chi connectivity index (χ4v) is 4.44. The van der Waals surface area contributed by atoms with Gasteiger partial charge >= 0.3 is 6.09 Å². The molecule has 0 radical (unpaired) electrons. The number of ether oxygens (including phenoxy) is 1. The third-order valence-electron chi connectivity index (χ3n) is 5.61. The zero-order valence-corrected chi connectivity index (χ0v) is 17.1. The highest BCUT2D eigenvalue weighted by molar-refractivity contribution is 7.85. The van der Waals surface area contributed by atoms with Gasteiger partial charge in [0.1, 0.15) is 0 Å². The van der Waals surface area contributed by atoms with Crippen LogP contribution in [-0.2, 0) is 19.0 Å². The smallest absolute Gasteiger partial charge is 0.407 e. The molecule has 0 aromatic carbocycles. The van der Waals surface area contributed by atoms with Crippen LogP contribution >= 0.6 is 0 Å². The lowest BCUT2D eigenvalue weighted by Crippen LogP contribution is -2.51. The normalized spacial score (nSPS) is 31.0. The van der Waals surface area contributed by atoms with Crippen molar-refractivity contribution < 1.29 is 27.2 Å². The Morgan fingerprint density at radius 3 is 2.27 bits per heavy atom. The average molecular weight is 392 g/mol. The van der Waals surface area contributed by atoms with E-state index in [0.717, 1.165) is 38.4 Å². The van der Waals surface area contributed by atoms with Crippen molar-refractivity contribution in [3.63, 3.8) is 0 Å². The van der Waals surface area contributed by atoms with Gasteiger partial charge in [-0.15, -0.1) is 0 Å². The largest absolute Gasteiger partial charge is 0.465 e. The molecule has 0 aromatic rings. The summed E-state index contributed by atoms with van der Waals surface area (Å²) in [6.45, 7) is 7.70. The maximum atomic E-state index is 11.3. The van der Waals surface area contributed by atoms with Crippen molar-refractivity contribution in [2.24, 2.45) is 17.3 Å². The summed E-state index contributed by atoms with van der Waals surface area (Å²) in [6.07, 6.45) is 4.77. The summed E-state index contributed by atoms with van der Waals surface area (Å²) >= 11 is 0. The molecule has 1 saturated heterocycles. The Hall–Kier alpha value is -0.860. The van der Waals surface area contributed by atoms with Crippen molar-refractivity contribution in [3.8, 4) is 0 Å². The number of carbonyl (C=O) groups is 1. The fourth-order valence-electron chi connectivity index (χ4n) is 4.00. The molecule has 1 aliphatic carbocycles. The molecule has 2 unspecified atom stereocenters. The van der Waals surface area contributed by atoms with Gasteiger partial charge < -0.3 is 14.7 Å². The molecule has 1 amide bonds. The molecule has 0 bridgehead atoms. The van der Waals surface area contributed by atoms with Gasteiger partial charge in [0.15, 0.2) is 0 Å². The minimum atomic E-state index is -3.38. The first-order valence-electron chi connectivity index (χ1n) is 9.43. The standard InChI is InChI=1S/C18H33NO6S/c1-18(2,3)15-11-19(17(20)21)10-9-16(15)25-14-7-5-13(6-8-14)12-24-26(4,22)23/h13-16H,5-12H2,1-4H3,(H,20,21)/t13-,14-,15?,16?. The lowest BCUT2D eigenvalue weighted by molar-refractivity contribution is -0.110. The number of hydrogen-bond donors (Lipinski definition) is 1. The van der Waals surface area contributed by atoms with E-state index >= 15 is 0 Å². The highest BCUT2D eigenvalue weighted by Crippen LogP contribution is 2.37. The molecule has 1 saturated carbocycles. The first kappa shape index (κ1) is 21.4. The quantitative estimate of drug-likeness (QED) is 0.724. The Morgan fingerprint density at radius 2 is 1.77 bits per heavy atom. The van der Waals surface area contributed by atoms with E-state index < -0.39 is 16.2 Å². The number of carboxylic acid groups (broad SMARTS) is 1. The molecular formula is C18H33NO6S. The van der Waals surface area contributed by atoms with E-state index in [0.29, 0.717) is 13.1 Å². The second-order valence-corrected chi connectivity index (χ2v) is 10.4. The molecule has 2 fully saturated rings. The van der Waals surface area contributed by atoms with Gasteiger partial charge in [-0.3, -0.25) is 4.18 Å². The number of amides is 1. The molecule has 7 nitrogen and oxygen atoms in total. The predicted octanol–water partition coefficient (Wildman–Crippen LogP) is 2.95. The van der Waals surface area contributed by atoms with Crippen LogP contribution < -0.4 is 0 Å². The Bertz CT molecular complexity index is 577. The lowest BCUT2D eigenvalue weighted by atomic mass is 9.74. The predicted molar refractivity (Wildman–Crippen MR) is 98.6 cm³/mol. The Morgan fingerprint density at radius 1 is 1.15 bits per heavy atom. The van der Waals surface area contributed by atoms with Gasteiger partial charge in [-0.2, -0.15) is 8.42 Å². The van der Waals surface area contributed by atoms with Gasteiger partial charge in [-0.05, 0) is 43.4 Å². The third-order valence-corrected chi connectivity index (χ3v) is 6.18. The van der Waals surface area contributed by atoms with Gasteiger partial charge in [-0.25, -0.2) is 4.79 Å². The van der Waals surface area contributed by atoms with Crippen LogP contribution in [0.15, 0.2) is 0 Å². The molecule has 152 valence electrons. The molecule has 1 N–H and O–H groups in total. The fraction of sp³-hybridized carbons (Fsp3) is 0.944. The molecule has 2 aliphatic rings. The van der Waals surface area contributed by atoms with Crippen LogP contribution in [0.4, 0.5) is 4.79 Å². The molecule has 0 spiro atoms. The maximum absolute atomic E-state index is 11.3. The number of hydrogen-bond acceptors (Lipinski definition) is 5. The number of likely N-dealkylation sites (tertiary alicyclic amines) is 1. The Balaban J connectivity index is 1.87.